The van der Waals surface area contributed by atoms with E-state index in [0.717, 1.165) is 6.54 Å². The summed E-state index contributed by atoms with van der Waals surface area (Å²) in [6.07, 6.45) is 0. The first-order chi connectivity index (χ1) is 8.70. The van der Waals surface area contributed by atoms with Crippen LogP contribution < -0.4 is 10.6 Å². The van der Waals surface area contributed by atoms with E-state index in [1.54, 1.807) is 6.92 Å². The normalized spacial score (nSPS) is 23.2. The zero-order valence-corrected chi connectivity index (χ0v) is 10.6. The van der Waals surface area contributed by atoms with E-state index >= 15 is 0 Å². The fourth-order valence-corrected chi connectivity index (χ4v) is 1.99. The van der Waals surface area contributed by atoms with Crippen molar-refractivity contribution in [3.8, 4) is 0 Å². The number of hydrogen-bond donors (Lipinski definition) is 2. The van der Waals surface area contributed by atoms with Gasteiger partial charge >= 0.3 is 0 Å². The minimum Gasteiger partial charge on any atom is -0.379 e. The number of ether oxygens (including phenoxy) is 1. The second-order valence-corrected chi connectivity index (χ2v) is 4.26. The van der Waals surface area contributed by atoms with Crippen LogP contribution in [0.25, 0.3) is 0 Å². The summed E-state index contributed by atoms with van der Waals surface area (Å²) in [7, 11) is 0. The average Bonchev–Trinajstić information content (AvgIpc) is 2.96. The highest BCUT2D eigenvalue weighted by atomic mass is 16.5. The molecule has 100 valence electrons. The Morgan fingerprint density at radius 1 is 1.50 bits per heavy atom. The molecule has 2 rings (SSSR count). The summed E-state index contributed by atoms with van der Waals surface area (Å²) in [5.74, 6) is 0.785. The first-order valence-corrected chi connectivity index (χ1v) is 6.08. The number of amides is 1. The maximum atomic E-state index is 12.0. The van der Waals surface area contributed by atoms with Gasteiger partial charge in [-0.3, -0.25) is 4.79 Å². The molecule has 0 aromatic carbocycles. The predicted molar refractivity (Wildman–Crippen MR) is 62.7 cm³/mol. The zero-order valence-electron chi connectivity index (χ0n) is 10.6. The number of carbonyl (C=O) groups excluding carboxylic acids is 1. The maximum Gasteiger partial charge on any atom is 0.227 e. The van der Waals surface area contributed by atoms with Gasteiger partial charge < -0.3 is 19.9 Å². The van der Waals surface area contributed by atoms with Gasteiger partial charge in [0.15, 0.2) is 5.82 Å². The number of aromatic nitrogens is 2. The molecular weight excluding hydrogens is 236 g/mol. The van der Waals surface area contributed by atoms with Crippen molar-refractivity contribution in [2.75, 3.05) is 19.8 Å². The third-order valence-corrected chi connectivity index (χ3v) is 2.87. The van der Waals surface area contributed by atoms with E-state index in [2.05, 4.69) is 20.8 Å². The van der Waals surface area contributed by atoms with Crippen LogP contribution in [0.1, 0.15) is 18.6 Å². The van der Waals surface area contributed by atoms with Crippen molar-refractivity contribution in [1.82, 2.24) is 20.8 Å². The zero-order chi connectivity index (χ0) is 13.0. The van der Waals surface area contributed by atoms with Crippen LogP contribution in [-0.2, 0) is 16.1 Å². The number of likely N-dealkylation sites (N-methyl/N-ethyl adjacent to an activating group) is 1. The van der Waals surface area contributed by atoms with Gasteiger partial charge in [-0.2, -0.15) is 4.98 Å². The molecule has 1 saturated heterocycles. The van der Waals surface area contributed by atoms with Crippen LogP contribution >= 0.6 is 0 Å². The Kier molecular flexibility index (Phi) is 4.27. The molecule has 2 heterocycles. The maximum absolute atomic E-state index is 12.0. The van der Waals surface area contributed by atoms with Gasteiger partial charge in [-0.25, -0.2) is 0 Å². The third-order valence-electron chi connectivity index (χ3n) is 2.87. The Morgan fingerprint density at radius 3 is 3.00 bits per heavy atom. The number of rotatable bonds is 5. The van der Waals surface area contributed by atoms with Crippen LogP contribution in [0.5, 0.6) is 0 Å². The van der Waals surface area contributed by atoms with Gasteiger partial charge in [-0.1, -0.05) is 12.1 Å². The number of nitrogens with zero attached hydrogens (tertiary/aromatic N) is 2. The van der Waals surface area contributed by atoms with E-state index < -0.39 is 0 Å². The Morgan fingerprint density at radius 2 is 2.33 bits per heavy atom. The minimum atomic E-state index is -0.155. The summed E-state index contributed by atoms with van der Waals surface area (Å²) in [5.41, 5.74) is 0. The molecule has 2 unspecified atom stereocenters. The molecule has 7 heteroatoms. The molecule has 0 saturated carbocycles. The Hall–Kier alpha value is -1.47. The summed E-state index contributed by atoms with van der Waals surface area (Å²) in [6.45, 7) is 5.86. The molecule has 18 heavy (non-hydrogen) atoms. The Labute approximate surface area is 105 Å². The highest BCUT2D eigenvalue weighted by molar-refractivity contribution is 5.79. The second-order valence-electron chi connectivity index (χ2n) is 4.26. The van der Waals surface area contributed by atoms with Gasteiger partial charge in [0.25, 0.3) is 0 Å². The first-order valence-electron chi connectivity index (χ1n) is 6.08. The lowest BCUT2D eigenvalue weighted by atomic mass is 10.0. The van der Waals surface area contributed by atoms with Crippen molar-refractivity contribution >= 4 is 5.91 Å². The van der Waals surface area contributed by atoms with Gasteiger partial charge in [0, 0.05) is 13.0 Å². The van der Waals surface area contributed by atoms with Crippen LogP contribution in [0.15, 0.2) is 4.52 Å². The lowest BCUT2D eigenvalue weighted by Gasteiger charge is -2.17. The second kappa shape index (κ2) is 5.92. The molecule has 0 bridgehead atoms. The van der Waals surface area contributed by atoms with Crippen LogP contribution in [0, 0.1) is 12.8 Å². The molecule has 0 radical (unpaired) electrons. The van der Waals surface area contributed by atoms with Crippen molar-refractivity contribution in [3.05, 3.63) is 11.7 Å². The average molecular weight is 254 g/mol. The van der Waals surface area contributed by atoms with Gasteiger partial charge in [0.2, 0.25) is 11.8 Å². The molecule has 1 aromatic rings. The molecule has 1 amide bonds. The summed E-state index contributed by atoms with van der Waals surface area (Å²) in [4.78, 5) is 16.0. The van der Waals surface area contributed by atoms with Gasteiger partial charge in [0.1, 0.15) is 0 Å². The Balaban J connectivity index is 1.83. The van der Waals surface area contributed by atoms with E-state index in [-0.39, 0.29) is 24.4 Å². The summed E-state index contributed by atoms with van der Waals surface area (Å²) >= 11 is 0. The summed E-state index contributed by atoms with van der Waals surface area (Å²) < 4.78 is 10.2. The summed E-state index contributed by atoms with van der Waals surface area (Å²) in [6, 6.07) is 0.0852. The number of carbonyl (C=O) groups is 1. The van der Waals surface area contributed by atoms with Crippen molar-refractivity contribution < 1.29 is 14.1 Å². The molecule has 1 aliphatic rings. The van der Waals surface area contributed by atoms with Gasteiger partial charge in [-0.05, 0) is 6.54 Å². The molecular formula is C11H18N4O3. The van der Waals surface area contributed by atoms with E-state index in [1.165, 1.54) is 0 Å². The van der Waals surface area contributed by atoms with E-state index in [9.17, 15) is 4.79 Å². The number of aryl methyl sites for hydroxylation is 1. The third kappa shape index (κ3) is 3.05. The molecule has 1 aromatic heterocycles. The largest absolute Gasteiger partial charge is 0.379 e. The molecule has 0 aliphatic carbocycles. The topological polar surface area (TPSA) is 89.3 Å². The fraction of sp³-hybridized carbons (Fsp3) is 0.727. The van der Waals surface area contributed by atoms with Crippen LogP contribution in [-0.4, -0.2) is 41.8 Å². The standard InChI is InChI=1S/C11H18N4O3/c1-3-12-9-6-17-5-8(9)11(16)13-4-10-14-7(2)18-15-10/h8-9,12H,3-6H2,1-2H3,(H,13,16). The van der Waals surface area contributed by atoms with Crippen LogP contribution in [0.4, 0.5) is 0 Å². The lowest BCUT2D eigenvalue weighted by Crippen LogP contribution is -2.43. The molecule has 0 spiro atoms. The molecule has 2 N–H and O–H groups in total. The number of hydrogen-bond acceptors (Lipinski definition) is 6. The minimum absolute atomic E-state index is 0.0408. The quantitative estimate of drug-likeness (QED) is 0.744. The highest BCUT2D eigenvalue weighted by Crippen LogP contribution is 2.13. The Bertz CT molecular complexity index is 407. The van der Waals surface area contributed by atoms with Crippen molar-refractivity contribution in [2.45, 2.75) is 26.4 Å². The molecule has 7 nitrogen and oxygen atoms in total. The monoisotopic (exact) mass is 254 g/mol. The van der Waals surface area contributed by atoms with Crippen molar-refractivity contribution in [2.24, 2.45) is 5.92 Å². The van der Waals surface area contributed by atoms with Gasteiger partial charge in [0.05, 0.1) is 25.7 Å². The predicted octanol–water partition coefficient (Wildman–Crippen LogP) is -0.381. The van der Waals surface area contributed by atoms with Crippen molar-refractivity contribution in [1.29, 1.82) is 0 Å². The molecule has 1 aliphatic heterocycles. The smallest absolute Gasteiger partial charge is 0.227 e. The van der Waals surface area contributed by atoms with E-state index in [4.69, 9.17) is 9.26 Å². The summed E-state index contributed by atoms with van der Waals surface area (Å²) in [5, 5.41) is 9.76. The van der Waals surface area contributed by atoms with E-state index in [1.807, 2.05) is 6.92 Å². The van der Waals surface area contributed by atoms with Gasteiger partial charge in [-0.15, -0.1) is 0 Å². The van der Waals surface area contributed by atoms with E-state index in [0.29, 0.717) is 24.9 Å². The lowest BCUT2D eigenvalue weighted by molar-refractivity contribution is -0.125. The first kappa shape index (κ1) is 13.0. The fourth-order valence-electron chi connectivity index (χ4n) is 1.99. The SMILES string of the molecule is CCNC1COCC1C(=O)NCc1noc(C)n1. The number of nitrogens with one attached hydrogen (secondary N) is 2. The van der Waals surface area contributed by atoms with Crippen molar-refractivity contribution in [3.63, 3.8) is 0 Å². The van der Waals surface area contributed by atoms with Crippen LogP contribution in [0.2, 0.25) is 0 Å². The molecule has 2 atom stereocenters. The molecule has 1 fully saturated rings. The van der Waals surface area contributed by atoms with Crippen LogP contribution in [0.3, 0.4) is 0 Å². The highest BCUT2D eigenvalue weighted by Gasteiger charge is 2.33.